The minimum Gasteiger partial charge on any atom is -0.471 e. The third-order valence-electron chi connectivity index (χ3n) is 1.05. The molecule has 1 aliphatic heterocycles. The smallest absolute Gasteiger partial charge is 0.292 e. The summed E-state index contributed by atoms with van der Waals surface area (Å²) in [7, 11) is 1.31. The number of hydrogen-bond acceptors (Lipinski definition) is 4. The van der Waals surface area contributed by atoms with Crippen molar-refractivity contribution in [2.24, 2.45) is 0 Å². The summed E-state index contributed by atoms with van der Waals surface area (Å²) >= 11 is 0. The van der Waals surface area contributed by atoms with Crippen molar-refractivity contribution in [3.8, 4) is 0 Å². The van der Waals surface area contributed by atoms with Gasteiger partial charge < -0.3 is 15.4 Å². The standard InChI is InChI=1S/C4H10N2.C2H4O2/c1-2-6-4-3-5-1;1-4-2-3/h5-6H,1-4H2;2H,1H3. The third kappa shape index (κ3) is 7.39. The fourth-order valence-electron chi connectivity index (χ4n) is 0.604. The number of hydrogen-bond donors (Lipinski definition) is 2. The average Bonchev–Trinajstić information content (AvgIpc) is 2.08. The van der Waals surface area contributed by atoms with E-state index in [1.54, 1.807) is 0 Å². The van der Waals surface area contributed by atoms with Crippen LogP contribution in [0.1, 0.15) is 0 Å². The minimum atomic E-state index is 0.375. The van der Waals surface area contributed by atoms with Gasteiger partial charge in [-0.15, -0.1) is 0 Å². The van der Waals surface area contributed by atoms with Crippen LogP contribution in [0.4, 0.5) is 0 Å². The lowest BCUT2D eigenvalue weighted by molar-refractivity contribution is -0.126. The zero-order chi connectivity index (χ0) is 7.66. The first kappa shape index (κ1) is 9.39. The van der Waals surface area contributed by atoms with Crippen molar-refractivity contribution < 1.29 is 9.53 Å². The predicted octanol–water partition coefficient (Wildman–Crippen LogP) is -1.03. The molecule has 0 unspecified atom stereocenters. The maximum atomic E-state index is 8.95. The SMILES string of the molecule is C1CNCCN1.COC=O. The molecule has 4 heteroatoms. The number of ether oxygens (including phenoxy) is 1. The molecule has 1 rings (SSSR count). The van der Waals surface area contributed by atoms with Crippen LogP contribution in [0.2, 0.25) is 0 Å². The highest BCUT2D eigenvalue weighted by Gasteiger charge is 1.91. The molecule has 0 radical (unpaired) electrons. The van der Waals surface area contributed by atoms with E-state index in [2.05, 4.69) is 15.4 Å². The second-order valence-corrected chi connectivity index (χ2v) is 1.83. The summed E-state index contributed by atoms with van der Waals surface area (Å²) in [6.45, 7) is 4.93. The summed E-state index contributed by atoms with van der Waals surface area (Å²) in [5.74, 6) is 0. The van der Waals surface area contributed by atoms with E-state index < -0.39 is 0 Å². The van der Waals surface area contributed by atoms with E-state index >= 15 is 0 Å². The van der Waals surface area contributed by atoms with Gasteiger partial charge in [0.15, 0.2) is 0 Å². The Kier molecular flexibility index (Phi) is 7.88. The Morgan fingerprint density at radius 1 is 1.20 bits per heavy atom. The molecule has 0 aromatic heterocycles. The lowest BCUT2D eigenvalue weighted by atomic mass is 10.4. The number of nitrogens with one attached hydrogen (secondary N) is 2. The zero-order valence-electron chi connectivity index (χ0n) is 6.22. The summed E-state index contributed by atoms with van der Waals surface area (Å²) in [6.07, 6.45) is 0. The van der Waals surface area contributed by atoms with Gasteiger partial charge in [-0.05, 0) is 0 Å². The molecular weight excluding hydrogens is 132 g/mol. The van der Waals surface area contributed by atoms with E-state index in [9.17, 15) is 0 Å². The summed E-state index contributed by atoms with van der Waals surface area (Å²) in [4.78, 5) is 8.95. The summed E-state index contributed by atoms with van der Waals surface area (Å²) in [5, 5.41) is 6.44. The molecule has 0 aromatic carbocycles. The fourth-order valence-corrected chi connectivity index (χ4v) is 0.604. The van der Waals surface area contributed by atoms with Crippen LogP contribution in [0, 0.1) is 0 Å². The average molecular weight is 146 g/mol. The van der Waals surface area contributed by atoms with Crippen molar-refractivity contribution in [3.63, 3.8) is 0 Å². The quantitative estimate of drug-likeness (QED) is 0.464. The first-order valence-corrected chi connectivity index (χ1v) is 3.29. The van der Waals surface area contributed by atoms with Crippen molar-refractivity contribution in [2.45, 2.75) is 0 Å². The van der Waals surface area contributed by atoms with E-state index in [-0.39, 0.29) is 0 Å². The van der Waals surface area contributed by atoms with E-state index in [1.807, 2.05) is 0 Å². The molecule has 1 fully saturated rings. The maximum Gasteiger partial charge on any atom is 0.292 e. The van der Waals surface area contributed by atoms with Crippen LogP contribution in [-0.4, -0.2) is 39.8 Å². The van der Waals surface area contributed by atoms with E-state index in [0.717, 1.165) is 26.2 Å². The molecule has 0 aliphatic carbocycles. The second-order valence-electron chi connectivity index (χ2n) is 1.83. The molecule has 0 atom stereocenters. The zero-order valence-corrected chi connectivity index (χ0v) is 6.22. The first-order chi connectivity index (χ1) is 4.91. The highest BCUT2D eigenvalue weighted by molar-refractivity contribution is 5.36. The van der Waals surface area contributed by atoms with Gasteiger partial charge in [0.25, 0.3) is 6.47 Å². The molecule has 0 aromatic rings. The Morgan fingerprint density at radius 3 is 1.60 bits per heavy atom. The molecule has 1 aliphatic rings. The van der Waals surface area contributed by atoms with Gasteiger partial charge >= 0.3 is 0 Å². The van der Waals surface area contributed by atoms with Crippen molar-refractivity contribution in [1.29, 1.82) is 0 Å². The number of carbonyl (C=O) groups is 1. The largest absolute Gasteiger partial charge is 0.471 e. The maximum absolute atomic E-state index is 8.95. The van der Waals surface area contributed by atoms with Gasteiger partial charge in [0.1, 0.15) is 0 Å². The highest BCUT2D eigenvalue weighted by atomic mass is 16.5. The van der Waals surface area contributed by atoms with Crippen LogP contribution < -0.4 is 10.6 Å². The van der Waals surface area contributed by atoms with Crippen molar-refractivity contribution >= 4 is 6.47 Å². The van der Waals surface area contributed by atoms with E-state index in [1.165, 1.54) is 7.11 Å². The molecule has 60 valence electrons. The van der Waals surface area contributed by atoms with Crippen molar-refractivity contribution in [2.75, 3.05) is 33.3 Å². The molecule has 2 N–H and O–H groups in total. The Bertz CT molecular complexity index is 62.6. The van der Waals surface area contributed by atoms with Crippen LogP contribution in [-0.2, 0) is 9.53 Å². The summed E-state index contributed by atoms with van der Waals surface area (Å²) in [5.41, 5.74) is 0. The molecule has 1 heterocycles. The van der Waals surface area contributed by atoms with Gasteiger partial charge in [-0.3, -0.25) is 4.79 Å². The second kappa shape index (κ2) is 8.39. The number of methoxy groups -OCH3 is 1. The topological polar surface area (TPSA) is 50.4 Å². The van der Waals surface area contributed by atoms with E-state index in [0.29, 0.717) is 6.47 Å². The fraction of sp³-hybridized carbons (Fsp3) is 0.833. The molecule has 10 heavy (non-hydrogen) atoms. The van der Waals surface area contributed by atoms with Crippen LogP contribution in [0.5, 0.6) is 0 Å². The monoisotopic (exact) mass is 146 g/mol. The first-order valence-electron chi connectivity index (χ1n) is 3.29. The van der Waals surface area contributed by atoms with Crippen LogP contribution in [0.3, 0.4) is 0 Å². The predicted molar refractivity (Wildman–Crippen MR) is 38.8 cm³/mol. The number of piperazine rings is 1. The molecule has 0 saturated carbocycles. The van der Waals surface area contributed by atoms with Gasteiger partial charge in [0.05, 0.1) is 7.11 Å². The Labute approximate surface area is 60.9 Å². The normalized spacial score (nSPS) is 16.5. The van der Waals surface area contributed by atoms with Crippen molar-refractivity contribution in [3.05, 3.63) is 0 Å². The lowest BCUT2D eigenvalue weighted by Crippen LogP contribution is -2.39. The van der Waals surface area contributed by atoms with Gasteiger partial charge in [-0.25, -0.2) is 0 Å². The van der Waals surface area contributed by atoms with Crippen LogP contribution in [0.15, 0.2) is 0 Å². The molecule has 0 bridgehead atoms. The van der Waals surface area contributed by atoms with Crippen LogP contribution in [0.25, 0.3) is 0 Å². The van der Waals surface area contributed by atoms with Gasteiger partial charge in [-0.2, -0.15) is 0 Å². The molecule has 1 saturated heterocycles. The van der Waals surface area contributed by atoms with Crippen molar-refractivity contribution in [1.82, 2.24) is 10.6 Å². The molecule has 0 spiro atoms. The highest BCUT2D eigenvalue weighted by Crippen LogP contribution is 1.65. The Morgan fingerprint density at radius 2 is 1.50 bits per heavy atom. The Hall–Kier alpha value is -0.610. The summed E-state index contributed by atoms with van der Waals surface area (Å²) in [6, 6.07) is 0. The number of carbonyl (C=O) groups excluding carboxylic acids is 1. The molecule has 0 amide bonds. The lowest BCUT2D eigenvalue weighted by Gasteiger charge is -2.11. The summed E-state index contributed by atoms with van der Waals surface area (Å²) < 4.78 is 3.86. The van der Waals surface area contributed by atoms with E-state index in [4.69, 9.17) is 4.79 Å². The van der Waals surface area contributed by atoms with Gasteiger partial charge in [0.2, 0.25) is 0 Å². The molecular formula is C6H14N2O2. The van der Waals surface area contributed by atoms with Crippen LogP contribution >= 0.6 is 0 Å². The van der Waals surface area contributed by atoms with Gasteiger partial charge in [0, 0.05) is 26.2 Å². The van der Waals surface area contributed by atoms with Gasteiger partial charge in [-0.1, -0.05) is 0 Å². The minimum absolute atomic E-state index is 0.375. The Balaban J connectivity index is 0.000000180. The third-order valence-corrected chi connectivity index (χ3v) is 1.05. The molecule has 4 nitrogen and oxygen atoms in total. The number of rotatable bonds is 1.